The number of rotatable bonds is 3. The van der Waals surface area contributed by atoms with Crippen molar-refractivity contribution in [1.29, 1.82) is 0 Å². The van der Waals surface area contributed by atoms with Crippen LogP contribution in [0.3, 0.4) is 0 Å². The molecule has 1 heterocycles. The Labute approximate surface area is 83.7 Å². The monoisotopic (exact) mass is 193 g/mol. The summed E-state index contributed by atoms with van der Waals surface area (Å²) >= 11 is 0. The standard InChI is InChI=1S/C11H15NO2/c1-8(2)14-11(13)10-4-3-7-12(10)9-5-6-9/h3-4,7-9H,5-6H2,1-2H3. The molecule has 1 fully saturated rings. The van der Waals surface area contributed by atoms with Gasteiger partial charge in [0.15, 0.2) is 0 Å². The van der Waals surface area contributed by atoms with Crippen molar-refractivity contribution in [2.45, 2.75) is 38.8 Å². The highest BCUT2D eigenvalue weighted by Gasteiger charge is 2.27. The SMILES string of the molecule is CC(C)OC(=O)c1cccn1C1CC1. The number of aromatic nitrogens is 1. The average molecular weight is 193 g/mol. The molecule has 0 saturated heterocycles. The van der Waals surface area contributed by atoms with Crippen molar-refractivity contribution in [3.63, 3.8) is 0 Å². The molecule has 1 aliphatic carbocycles. The summed E-state index contributed by atoms with van der Waals surface area (Å²) in [7, 11) is 0. The van der Waals surface area contributed by atoms with E-state index >= 15 is 0 Å². The van der Waals surface area contributed by atoms with Gasteiger partial charge in [0.25, 0.3) is 0 Å². The Morgan fingerprint density at radius 3 is 2.86 bits per heavy atom. The lowest BCUT2D eigenvalue weighted by atomic mass is 10.4. The Morgan fingerprint density at radius 1 is 1.57 bits per heavy atom. The number of nitrogens with zero attached hydrogens (tertiary/aromatic N) is 1. The van der Waals surface area contributed by atoms with Crippen LogP contribution >= 0.6 is 0 Å². The Kier molecular flexibility index (Phi) is 2.32. The molecule has 1 aromatic heterocycles. The maximum atomic E-state index is 11.6. The molecule has 3 heteroatoms. The number of carbonyl (C=O) groups excluding carboxylic acids is 1. The van der Waals surface area contributed by atoms with Crippen molar-refractivity contribution in [1.82, 2.24) is 4.57 Å². The maximum absolute atomic E-state index is 11.6. The molecular weight excluding hydrogens is 178 g/mol. The van der Waals surface area contributed by atoms with E-state index in [0.29, 0.717) is 11.7 Å². The Balaban J connectivity index is 2.14. The average Bonchev–Trinajstić information content (AvgIpc) is 2.82. The van der Waals surface area contributed by atoms with E-state index in [4.69, 9.17) is 4.74 Å². The van der Waals surface area contributed by atoms with Crippen LogP contribution in [0.1, 0.15) is 43.2 Å². The van der Waals surface area contributed by atoms with Crippen molar-refractivity contribution >= 4 is 5.97 Å². The van der Waals surface area contributed by atoms with Gasteiger partial charge in [-0.05, 0) is 38.8 Å². The zero-order valence-corrected chi connectivity index (χ0v) is 8.56. The molecule has 76 valence electrons. The topological polar surface area (TPSA) is 31.2 Å². The quantitative estimate of drug-likeness (QED) is 0.690. The molecule has 1 aromatic rings. The van der Waals surface area contributed by atoms with Crippen molar-refractivity contribution in [2.24, 2.45) is 0 Å². The fraction of sp³-hybridized carbons (Fsp3) is 0.545. The molecule has 0 amide bonds. The van der Waals surface area contributed by atoms with Gasteiger partial charge in [-0.1, -0.05) is 0 Å². The third-order valence-electron chi connectivity index (χ3n) is 2.27. The molecule has 3 nitrogen and oxygen atoms in total. The molecule has 1 aliphatic rings. The molecule has 0 radical (unpaired) electrons. The van der Waals surface area contributed by atoms with Crippen LogP contribution in [0.25, 0.3) is 0 Å². The lowest BCUT2D eigenvalue weighted by molar-refractivity contribution is 0.0365. The molecule has 0 aliphatic heterocycles. The van der Waals surface area contributed by atoms with Gasteiger partial charge in [-0.3, -0.25) is 0 Å². The summed E-state index contributed by atoms with van der Waals surface area (Å²) in [6, 6.07) is 4.25. The van der Waals surface area contributed by atoms with E-state index in [1.807, 2.05) is 36.7 Å². The maximum Gasteiger partial charge on any atom is 0.355 e. The second-order valence-corrected chi connectivity index (χ2v) is 3.99. The summed E-state index contributed by atoms with van der Waals surface area (Å²) in [5.41, 5.74) is 0.682. The van der Waals surface area contributed by atoms with Crippen LogP contribution < -0.4 is 0 Å². The number of hydrogen-bond donors (Lipinski definition) is 0. The number of ether oxygens (including phenoxy) is 1. The highest BCUT2D eigenvalue weighted by atomic mass is 16.5. The third-order valence-corrected chi connectivity index (χ3v) is 2.27. The molecular formula is C11H15NO2. The van der Waals surface area contributed by atoms with Crippen LogP contribution in [0.5, 0.6) is 0 Å². The smallest absolute Gasteiger partial charge is 0.355 e. The fourth-order valence-corrected chi connectivity index (χ4v) is 1.51. The number of carbonyl (C=O) groups is 1. The molecule has 0 N–H and O–H groups in total. The first-order chi connectivity index (χ1) is 6.68. The van der Waals surface area contributed by atoms with Crippen molar-refractivity contribution in [3.8, 4) is 0 Å². The highest BCUT2D eigenvalue weighted by molar-refractivity contribution is 5.87. The summed E-state index contributed by atoms with van der Waals surface area (Å²) in [5.74, 6) is -0.211. The molecule has 0 spiro atoms. The minimum atomic E-state index is -0.211. The van der Waals surface area contributed by atoms with Crippen molar-refractivity contribution in [3.05, 3.63) is 24.0 Å². The minimum absolute atomic E-state index is 0.0509. The highest BCUT2D eigenvalue weighted by Crippen LogP contribution is 2.36. The van der Waals surface area contributed by atoms with Crippen LogP contribution in [-0.4, -0.2) is 16.6 Å². The van der Waals surface area contributed by atoms with E-state index in [1.54, 1.807) is 0 Å². The zero-order valence-electron chi connectivity index (χ0n) is 8.56. The van der Waals surface area contributed by atoms with Gasteiger partial charge in [-0.15, -0.1) is 0 Å². The Morgan fingerprint density at radius 2 is 2.29 bits per heavy atom. The van der Waals surface area contributed by atoms with E-state index in [1.165, 1.54) is 12.8 Å². The van der Waals surface area contributed by atoms with Gasteiger partial charge in [0.1, 0.15) is 5.69 Å². The van der Waals surface area contributed by atoms with E-state index in [0.717, 1.165) is 0 Å². The third kappa shape index (κ3) is 1.81. The van der Waals surface area contributed by atoms with Gasteiger partial charge in [0, 0.05) is 12.2 Å². The van der Waals surface area contributed by atoms with Gasteiger partial charge in [0.2, 0.25) is 0 Å². The number of esters is 1. The van der Waals surface area contributed by atoms with Crippen LogP contribution in [0.2, 0.25) is 0 Å². The van der Waals surface area contributed by atoms with Crippen molar-refractivity contribution in [2.75, 3.05) is 0 Å². The van der Waals surface area contributed by atoms with Gasteiger partial charge in [-0.2, -0.15) is 0 Å². The zero-order chi connectivity index (χ0) is 10.1. The van der Waals surface area contributed by atoms with E-state index < -0.39 is 0 Å². The molecule has 2 rings (SSSR count). The predicted molar refractivity (Wildman–Crippen MR) is 53.3 cm³/mol. The van der Waals surface area contributed by atoms with Gasteiger partial charge >= 0.3 is 5.97 Å². The summed E-state index contributed by atoms with van der Waals surface area (Å²) < 4.78 is 7.17. The molecule has 0 unspecified atom stereocenters. The van der Waals surface area contributed by atoms with E-state index in [9.17, 15) is 4.79 Å². The molecule has 0 bridgehead atoms. The molecule has 1 saturated carbocycles. The normalized spacial score (nSPS) is 15.9. The van der Waals surface area contributed by atoms with Crippen LogP contribution in [0, 0.1) is 0 Å². The van der Waals surface area contributed by atoms with Crippen LogP contribution in [0.15, 0.2) is 18.3 Å². The number of hydrogen-bond acceptors (Lipinski definition) is 2. The first-order valence-electron chi connectivity index (χ1n) is 5.06. The lowest BCUT2D eigenvalue weighted by Crippen LogP contribution is -2.15. The van der Waals surface area contributed by atoms with Gasteiger partial charge < -0.3 is 9.30 Å². The largest absolute Gasteiger partial charge is 0.458 e. The summed E-state index contributed by atoms with van der Waals surface area (Å²) in [4.78, 5) is 11.6. The first kappa shape index (κ1) is 9.31. The first-order valence-corrected chi connectivity index (χ1v) is 5.06. The summed E-state index contributed by atoms with van der Waals surface area (Å²) in [6.45, 7) is 3.73. The minimum Gasteiger partial charge on any atom is -0.458 e. The predicted octanol–water partition coefficient (Wildman–Crippen LogP) is 2.39. The fourth-order valence-electron chi connectivity index (χ4n) is 1.51. The van der Waals surface area contributed by atoms with E-state index in [-0.39, 0.29) is 12.1 Å². The Bertz CT molecular complexity index is 337. The lowest BCUT2D eigenvalue weighted by Gasteiger charge is -2.10. The molecule has 0 atom stereocenters. The van der Waals surface area contributed by atoms with Crippen molar-refractivity contribution < 1.29 is 9.53 Å². The van der Waals surface area contributed by atoms with Gasteiger partial charge in [0.05, 0.1) is 6.10 Å². The summed E-state index contributed by atoms with van der Waals surface area (Å²) in [6.07, 6.45) is 4.26. The second-order valence-electron chi connectivity index (χ2n) is 3.99. The van der Waals surface area contributed by atoms with Gasteiger partial charge in [-0.25, -0.2) is 4.79 Å². The summed E-state index contributed by atoms with van der Waals surface area (Å²) in [5, 5.41) is 0. The molecule has 0 aromatic carbocycles. The van der Waals surface area contributed by atoms with E-state index in [2.05, 4.69) is 0 Å². The molecule has 14 heavy (non-hydrogen) atoms. The van der Waals surface area contributed by atoms with Crippen LogP contribution in [0.4, 0.5) is 0 Å². The second kappa shape index (κ2) is 3.48. The van der Waals surface area contributed by atoms with Crippen LogP contribution in [-0.2, 0) is 4.74 Å². The Hall–Kier alpha value is -1.25.